The lowest BCUT2D eigenvalue weighted by Gasteiger charge is -1.84. The summed E-state index contributed by atoms with van der Waals surface area (Å²) in [5.74, 6) is 0. The number of hydrogen-bond acceptors (Lipinski definition) is 3. The van der Waals surface area contributed by atoms with Gasteiger partial charge in [-0.2, -0.15) is 10.5 Å². The van der Waals surface area contributed by atoms with Gasteiger partial charge in [0.15, 0.2) is 0 Å². The van der Waals surface area contributed by atoms with E-state index in [2.05, 4.69) is 0 Å². The second kappa shape index (κ2) is 3.86. The molecule has 0 saturated heterocycles. The maximum atomic E-state index is 8.03. The van der Waals surface area contributed by atoms with Crippen molar-refractivity contribution in [1.29, 1.82) is 10.5 Å². The molecular formula is C5H5N3. The van der Waals surface area contributed by atoms with Crippen molar-refractivity contribution in [1.82, 2.24) is 0 Å². The van der Waals surface area contributed by atoms with Gasteiger partial charge in [-0.25, -0.2) is 0 Å². The van der Waals surface area contributed by atoms with Gasteiger partial charge in [0.25, 0.3) is 0 Å². The smallest absolute Gasteiger partial charge is 0.112 e. The first-order valence-electron chi connectivity index (χ1n) is 2.02. The van der Waals surface area contributed by atoms with Crippen LogP contribution in [0.5, 0.6) is 0 Å². The molecule has 0 aliphatic carbocycles. The molecule has 3 heteroatoms. The zero-order valence-electron chi connectivity index (χ0n) is 4.20. The van der Waals surface area contributed by atoms with E-state index in [9.17, 15) is 0 Å². The first-order chi connectivity index (χ1) is 3.81. The molecule has 0 radical (unpaired) electrons. The molecule has 0 aromatic carbocycles. The molecule has 0 aromatic rings. The van der Waals surface area contributed by atoms with E-state index >= 15 is 0 Å². The minimum Gasteiger partial charge on any atom is -0.313 e. The van der Waals surface area contributed by atoms with Crippen molar-refractivity contribution in [2.24, 2.45) is 5.73 Å². The first kappa shape index (κ1) is 6.68. The molecule has 1 unspecified atom stereocenters. The number of nitrogens with zero attached hydrogens (tertiary/aromatic N) is 2. The summed E-state index contributed by atoms with van der Waals surface area (Å²) in [7, 11) is 0. The SMILES string of the molecule is N#CC=CC(N)C#N. The van der Waals surface area contributed by atoms with Crippen molar-refractivity contribution >= 4 is 0 Å². The lowest BCUT2D eigenvalue weighted by atomic mass is 10.3. The number of rotatable bonds is 1. The van der Waals surface area contributed by atoms with Gasteiger partial charge >= 0.3 is 0 Å². The van der Waals surface area contributed by atoms with Crippen LogP contribution in [0, 0.1) is 22.7 Å². The van der Waals surface area contributed by atoms with Crippen LogP contribution in [0.1, 0.15) is 0 Å². The third-order valence-corrected chi connectivity index (χ3v) is 0.527. The van der Waals surface area contributed by atoms with Gasteiger partial charge in [0.2, 0.25) is 0 Å². The third kappa shape index (κ3) is 2.89. The van der Waals surface area contributed by atoms with Crippen molar-refractivity contribution in [3.63, 3.8) is 0 Å². The summed E-state index contributed by atoms with van der Waals surface area (Å²) in [6, 6.07) is 2.82. The molecule has 0 saturated carbocycles. The maximum Gasteiger partial charge on any atom is 0.112 e. The summed E-state index contributed by atoms with van der Waals surface area (Å²) in [5.41, 5.74) is 5.06. The van der Waals surface area contributed by atoms with Crippen molar-refractivity contribution in [2.75, 3.05) is 0 Å². The molecule has 0 aliphatic heterocycles. The number of hydrogen-bond donors (Lipinski definition) is 1. The second-order valence-corrected chi connectivity index (χ2v) is 1.14. The van der Waals surface area contributed by atoms with Crippen molar-refractivity contribution in [3.8, 4) is 12.1 Å². The Balaban J connectivity index is 3.61. The largest absolute Gasteiger partial charge is 0.313 e. The Kier molecular flexibility index (Phi) is 3.22. The molecule has 0 fully saturated rings. The highest BCUT2D eigenvalue weighted by atomic mass is 14.6. The monoisotopic (exact) mass is 107 g/mol. The van der Waals surface area contributed by atoms with Crippen LogP contribution in [0.4, 0.5) is 0 Å². The molecule has 40 valence electrons. The number of allylic oxidation sites excluding steroid dienone is 1. The van der Waals surface area contributed by atoms with Crippen LogP contribution in [-0.4, -0.2) is 6.04 Å². The van der Waals surface area contributed by atoms with Gasteiger partial charge in [0, 0.05) is 6.08 Å². The van der Waals surface area contributed by atoms with E-state index in [-0.39, 0.29) is 0 Å². The fourth-order valence-corrected chi connectivity index (χ4v) is 0.190. The number of nitrogens with two attached hydrogens (primary N) is 1. The van der Waals surface area contributed by atoms with E-state index in [0.29, 0.717) is 0 Å². The minimum absolute atomic E-state index is 0.644. The second-order valence-electron chi connectivity index (χ2n) is 1.14. The molecule has 0 bridgehead atoms. The minimum atomic E-state index is -0.644. The van der Waals surface area contributed by atoms with Crippen LogP contribution in [0.15, 0.2) is 12.2 Å². The lowest BCUT2D eigenvalue weighted by molar-refractivity contribution is 1.04. The summed E-state index contributed by atoms with van der Waals surface area (Å²) < 4.78 is 0. The maximum absolute atomic E-state index is 8.03. The zero-order valence-corrected chi connectivity index (χ0v) is 4.20. The van der Waals surface area contributed by atoms with Gasteiger partial charge in [-0.15, -0.1) is 0 Å². The lowest BCUT2D eigenvalue weighted by Crippen LogP contribution is -2.12. The van der Waals surface area contributed by atoms with E-state index in [1.54, 1.807) is 12.1 Å². The standard InChI is InChI=1S/C5H5N3/c6-3-1-2-5(8)4-7/h1-2,5H,8H2. The van der Waals surface area contributed by atoms with Gasteiger partial charge < -0.3 is 5.73 Å². The topological polar surface area (TPSA) is 73.6 Å². The summed E-state index contributed by atoms with van der Waals surface area (Å²) in [4.78, 5) is 0. The Morgan fingerprint density at radius 3 is 2.50 bits per heavy atom. The molecule has 8 heavy (non-hydrogen) atoms. The van der Waals surface area contributed by atoms with Crippen LogP contribution in [0.2, 0.25) is 0 Å². The average Bonchev–Trinajstić information content (AvgIpc) is 1.83. The fourth-order valence-electron chi connectivity index (χ4n) is 0.190. The Bertz CT molecular complexity index is 157. The van der Waals surface area contributed by atoms with Crippen LogP contribution >= 0.6 is 0 Å². The fraction of sp³-hybridized carbons (Fsp3) is 0.200. The quantitative estimate of drug-likeness (QED) is 0.476. The Morgan fingerprint density at radius 2 is 2.12 bits per heavy atom. The van der Waals surface area contributed by atoms with Crippen molar-refractivity contribution < 1.29 is 0 Å². The summed E-state index contributed by atoms with van der Waals surface area (Å²) in [6.07, 6.45) is 2.52. The predicted octanol–water partition coefficient (Wildman–Crippen LogP) is -0.0829. The van der Waals surface area contributed by atoms with Crippen LogP contribution in [-0.2, 0) is 0 Å². The Labute approximate surface area is 47.6 Å². The highest BCUT2D eigenvalue weighted by Crippen LogP contribution is 1.75. The van der Waals surface area contributed by atoms with E-state index in [1.807, 2.05) is 0 Å². The summed E-state index contributed by atoms with van der Waals surface area (Å²) >= 11 is 0. The van der Waals surface area contributed by atoms with Crippen LogP contribution < -0.4 is 5.73 Å². The Hall–Kier alpha value is -1.32. The van der Waals surface area contributed by atoms with E-state index in [4.69, 9.17) is 16.3 Å². The van der Waals surface area contributed by atoms with Crippen molar-refractivity contribution in [3.05, 3.63) is 12.2 Å². The van der Waals surface area contributed by atoms with Gasteiger partial charge in [-0.1, -0.05) is 0 Å². The van der Waals surface area contributed by atoms with Gasteiger partial charge in [-0.3, -0.25) is 0 Å². The van der Waals surface area contributed by atoms with Gasteiger partial charge in [-0.05, 0) is 6.08 Å². The van der Waals surface area contributed by atoms with Crippen molar-refractivity contribution in [2.45, 2.75) is 6.04 Å². The summed E-state index contributed by atoms with van der Waals surface area (Å²) in [6.45, 7) is 0. The molecule has 0 heterocycles. The zero-order chi connectivity index (χ0) is 6.41. The highest BCUT2D eigenvalue weighted by molar-refractivity contribution is 5.11. The van der Waals surface area contributed by atoms with E-state index in [1.165, 1.54) is 12.2 Å². The van der Waals surface area contributed by atoms with Crippen LogP contribution in [0.3, 0.4) is 0 Å². The molecule has 0 rings (SSSR count). The molecule has 0 spiro atoms. The number of nitriles is 2. The normalized spacial score (nSPS) is 12.4. The van der Waals surface area contributed by atoms with Crippen LogP contribution in [0.25, 0.3) is 0 Å². The average molecular weight is 107 g/mol. The molecular weight excluding hydrogens is 102 g/mol. The molecule has 0 aromatic heterocycles. The van der Waals surface area contributed by atoms with E-state index in [0.717, 1.165) is 0 Å². The molecule has 0 aliphatic rings. The van der Waals surface area contributed by atoms with Gasteiger partial charge in [0.05, 0.1) is 12.1 Å². The molecule has 3 nitrogen and oxygen atoms in total. The van der Waals surface area contributed by atoms with E-state index < -0.39 is 6.04 Å². The molecule has 0 amide bonds. The molecule has 2 N–H and O–H groups in total. The summed E-state index contributed by atoms with van der Waals surface area (Å²) in [5, 5.41) is 15.9. The van der Waals surface area contributed by atoms with Gasteiger partial charge in [0.1, 0.15) is 6.04 Å². The predicted molar refractivity (Wildman–Crippen MR) is 28.3 cm³/mol. The third-order valence-electron chi connectivity index (χ3n) is 0.527. The molecule has 1 atom stereocenters. The first-order valence-corrected chi connectivity index (χ1v) is 2.02. The Morgan fingerprint density at radius 1 is 1.50 bits per heavy atom. The highest BCUT2D eigenvalue weighted by Gasteiger charge is 1.86.